The predicted octanol–water partition coefficient (Wildman–Crippen LogP) is 6.24. The fourth-order valence-corrected chi connectivity index (χ4v) is 3.76. The smallest absolute Gasteiger partial charge is 0.293 e. The first-order chi connectivity index (χ1) is 16.5. The Hall–Kier alpha value is -4.01. The summed E-state index contributed by atoms with van der Waals surface area (Å²) in [4.78, 5) is 21.3. The Morgan fingerprint density at radius 2 is 1.82 bits per heavy atom. The lowest BCUT2D eigenvalue weighted by Crippen LogP contribution is -2.34. The zero-order chi connectivity index (χ0) is 23.7. The summed E-state index contributed by atoms with van der Waals surface area (Å²) < 4.78 is 11.5. The second-order valence-corrected chi connectivity index (χ2v) is 8.25. The Morgan fingerprint density at radius 3 is 2.62 bits per heavy atom. The van der Waals surface area contributed by atoms with Crippen LogP contribution in [-0.2, 0) is 0 Å². The van der Waals surface area contributed by atoms with Gasteiger partial charge in [0.1, 0.15) is 5.76 Å². The highest BCUT2D eigenvalue weighted by Crippen LogP contribution is 2.30. The summed E-state index contributed by atoms with van der Waals surface area (Å²) in [6.45, 7) is 1.91. The number of thiocarbonyl (C=S) groups is 1. The molecule has 1 amide bonds. The van der Waals surface area contributed by atoms with Gasteiger partial charge in [-0.05, 0) is 85.4 Å². The van der Waals surface area contributed by atoms with E-state index in [2.05, 4.69) is 20.6 Å². The van der Waals surface area contributed by atoms with Crippen LogP contribution in [0.15, 0.2) is 81.8 Å². The number of nitrogens with zero attached hydrogens (tertiary/aromatic N) is 2. The third kappa shape index (κ3) is 4.41. The van der Waals surface area contributed by atoms with Crippen molar-refractivity contribution in [2.75, 3.05) is 5.32 Å². The van der Waals surface area contributed by atoms with Gasteiger partial charge in [-0.15, -0.1) is 0 Å². The Kier molecular flexibility index (Phi) is 5.83. The minimum absolute atomic E-state index is 0.133. The summed E-state index contributed by atoms with van der Waals surface area (Å²) in [5.74, 6) is 0.683. The first-order valence-electron chi connectivity index (χ1n) is 10.3. The van der Waals surface area contributed by atoms with E-state index >= 15 is 0 Å². The van der Waals surface area contributed by atoms with Gasteiger partial charge in [-0.25, -0.2) is 4.98 Å². The molecule has 0 spiro atoms. The third-order valence-corrected chi connectivity index (χ3v) is 5.62. The molecule has 0 bridgehead atoms. The zero-order valence-electron chi connectivity index (χ0n) is 17.8. The van der Waals surface area contributed by atoms with Gasteiger partial charge in [-0.1, -0.05) is 17.7 Å². The fourth-order valence-electron chi connectivity index (χ4n) is 3.43. The van der Waals surface area contributed by atoms with Crippen LogP contribution in [0.2, 0.25) is 5.02 Å². The van der Waals surface area contributed by atoms with Gasteiger partial charge in [-0.3, -0.25) is 10.1 Å². The molecule has 0 saturated carbocycles. The van der Waals surface area contributed by atoms with Crippen molar-refractivity contribution in [3.63, 3.8) is 0 Å². The van der Waals surface area contributed by atoms with Crippen LogP contribution in [0.4, 0.5) is 5.69 Å². The SMILES string of the molecule is Cc1c(NC(=S)NC(=O)c2ccc(-c3ccc(Cl)cc3)o2)cccc1-c1nc2ncccc2o1. The van der Waals surface area contributed by atoms with Gasteiger partial charge in [0, 0.05) is 28.0 Å². The van der Waals surface area contributed by atoms with Gasteiger partial charge in [0.25, 0.3) is 5.91 Å². The quantitative estimate of drug-likeness (QED) is 0.289. The van der Waals surface area contributed by atoms with Crippen LogP contribution in [-0.4, -0.2) is 21.0 Å². The minimum Gasteiger partial charge on any atom is -0.451 e. The Labute approximate surface area is 204 Å². The molecular formula is C25H17ClN4O3S. The molecule has 7 nitrogen and oxygen atoms in total. The lowest BCUT2D eigenvalue weighted by Gasteiger charge is -2.13. The van der Waals surface area contributed by atoms with Crippen molar-refractivity contribution in [3.8, 4) is 22.8 Å². The van der Waals surface area contributed by atoms with E-state index in [1.165, 1.54) is 0 Å². The van der Waals surface area contributed by atoms with E-state index in [0.29, 0.717) is 33.6 Å². The van der Waals surface area contributed by atoms with E-state index in [0.717, 1.165) is 16.7 Å². The van der Waals surface area contributed by atoms with Crippen LogP contribution < -0.4 is 10.6 Å². The van der Waals surface area contributed by atoms with Gasteiger partial charge in [0.15, 0.2) is 22.1 Å². The summed E-state index contributed by atoms with van der Waals surface area (Å²) in [6, 6.07) is 19.7. The number of pyridine rings is 1. The molecule has 0 fully saturated rings. The average molecular weight is 489 g/mol. The highest BCUT2D eigenvalue weighted by atomic mass is 35.5. The second kappa shape index (κ2) is 9.09. The largest absolute Gasteiger partial charge is 0.451 e. The Balaban J connectivity index is 1.30. The van der Waals surface area contributed by atoms with Crippen LogP contribution in [0.3, 0.4) is 0 Å². The molecule has 0 aliphatic carbocycles. The van der Waals surface area contributed by atoms with E-state index < -0.39 is 5.91 Å². The Bertz CT molecular complexity index is 1490. The number of benzene rings is 2. The maximum Gasteiger partial charge on any atom is 0.293 e. The lowest BCUT2D eigenvalue weighted by molar-refractivity contribution is 0.0951. The summed E-state index contributed by atoms with van der Waals surface area (Å²) in [6.07, 6.45) is 1.66. The van der Waals surface area contributed by atoms with Gasteiger partial charge >= 0.3 is 0 Å². The third-order valence-electron chi connectivity index (χ3n) is 5.16. The Morgan fingerprint density at radius 1 is 1.00 bits per heavy atom. The molecule has 168 valence electrons. The van der Waals surface area contributed by atoms with Gasteiger partial charge < -0.3 is 14.2 Å². The molecule has 0 unspecified atom stereocenters. The summed E-state index contributed by atoms with van der Waals surface area (Å²) in [5, 5.41) is 6.46. The van der Waals surface area contributed by atoms with E-state index in [4.69, 9.17) is 32.7 Å². The number of carbonyl (C=O) groups excluding carboxylic acids is 1. The number of halogens is 1. The number of carbonyl (C=O) groups is 1. The summed E-state index contributed by atoms with van der Waals surface area (Å²) >= 11 is 11.3. The number of oxazole rings is 1. The molecular weight excluding hydrogens is 472 g/mol. The first-order valence-corrected chi connectivity index (χ1v) is 11.1. The molecule has 5 rings (SSSR count). The monoisotopic (exact) mass is 488 g/mol. The van der Waals surface area contributed by atoms with E-state index in [1.807, 2.05) is 43.3 Å². The normalized spacial score (nSPS) is 10.9. The van der Waals surface area contributed by atoms with Crippen molar-refractivity contribution >= 4 is 51.8 Å². The first kappa shape index (κ1) is 21.8. The number of fused-ring (bicyclic) bond motifs is 1. The molecule has 3 aromatic heterocycles. The van der Waals surface area contributed by atoms with Crippen LogP contribution >= 0.6 is 23.8 Å². The standard InChI is InChI=1S/C25H17ClN4O3S/c1-14-17(24-29-22-20(33-24)6-3-13-27-22)4-2-5-18(14)28-25(34)30-23(31)21-12-11-19(32-21)15-7-9-16(26)10-8-15/h2-13H,1H3,(H2,28,30,31,34). The molecule has 34 heavy (non-hydrogen) atoms. The van der Waals surface area contributed by atoms with Crippen molar-refractivity contribution in [1.82, 2.24) is 15.3 Å². The highest BCUT2D eigenvalue weighted by molar-refractivity contribution is 7.80. The van der Waals surface area contributed by atoms with Crippen molar-refractivity contribution in [2.45, 2.75) is 6.92 Å². The van der Waals surface area contributed by atoms with E-state index in [-0.39, 0.29) is 10.9 Å². The van der Waals surface area contributed by atoms with Crippen LogP contribution in [0.1, 0.15) is 16.1 Å². The van der Waals surface area contributed by atoms with Crippen LogP contribution in [0, 0.1) is 6.92 Å². The number of furan rings is 1. The molecule has 0 aliphatic rings. The topological polar surface area (TPSA) is 93.2 Å². The van der Waals surface area contributed by atoms with Crippen LogP contribution in [0.5, 0.6) is 0 Å². The van der Waals surface area contributed by atoms with Gasteiger partial charge in [0.05, 0.1) is 0 Å². The minimum atomic E-state index is -0.462. The molecule has 0 radical (unpaired) electrons. The highest BCUT2D eigenvalue weighted by Gasteiger charge is 2.16. The zero-order valence-corrected chi connectivity index (χ0v) is 19.4. The molecule has 3 heterocycles. The molecule has 2 N–H and O–H groups in total. The average Bonchev–Trinajstić information content (AvgIpc) is 3.48. The van der Waals surface area contributed by atoms with Crippen LogP contribution in [0.25, 0.3) is 34.0 Å². The number of aromatic nitrogens is 2. The summed E-state index contributed by atoms with van der Waals surface area (Å²) in [7, 11) is 0. The number of rotatable bonds is 4. The number of anilines is 1. The maximum atomic E-state index is 12.6. The van der Waals surface area contributed by atoms with Crippen molar-refractivity contribution in [2.24, 2.45) is 0 Å². The van der Waals surface area contributed by atoms with Crippen molar-refractivity contribution in [1.29, 1.82) is 0 Å². The summed E-state index contributed by atoms with van der Waals surface area (Å²) in [5.41, 5.74) is 4.30. The molecule has 0 saturated heterocycles. The molecule has 0 atom stereocenters. The number of nitrogens with one attached hydrogen (secondary N) is 2. The number of hydrogen-bond acceptors (Lipinski definition) is 6. The lowest BCUT2D eigenvalue weighted by atomic mass is 10.1. The fraction of sp³-hybridized carbons (Fsp3) is 0.0400. The molecule has 2 aromatic carbocycles. The predicted molar refractivity (Wildman–Crippen MR) is 135 cm³/mol. The molecule has 9 heteroatoms. The molecule has 0 aliphatic heterocycles. The van der Waals surface area contributed by atoms with E-state index in [1.54, 1.807) is 36.5 Å². The maximum absolute atomic E-state index is 12.6. The number of hydrogen-bond donors (Lipinski definition) is 2. The van der Waals surface area contributed by atoms with Gasteiger partial charge in [0.2, 0.25) is 5.89 Å². The van der Waals surface area contributed by atoms with Crippen molar-refractivity contribution < 1.29 is 13.6 Å². The second-order valence-electron chi connectivity index (χ2n) is 7.40. The number of amides is 1. The van der Waals surface area contributed by atoms with E-state index in [9.17, 15) is 4.79 Å². The van der Waals surface area contributed by atoms with Crippen molar-refractivity contribution in [3.05, 3.63) is 89.3 Å². The van der Waals surface area contributed by atoms with Gasteiger partial charge in [-0.2, -0.15) is 4.98 Å². The molecule has 5 aromatic rings.